The third-order valence-corrected chi connectivity index (χ3v) is 7.35. The van der Waals surface area contributed by atoms with E-state index in [1.165, 1.54) is 12.8 Å². The van der Waals surface area contributed by atoms with Gasteiger partial charge in [0.1, 0.15) is 12.1 Å². The van der Waals surface area contributed by atoms with Crippen LogP contribution < -0.4 is 15.8 Å². The van der Waals surface area contributed by atoms with Crippen molar-refractivity contribution < 1.29 is 9.53 Å². The number of hydrogen-bond acceptors (Lipinski definition) is 7. The summed E-state index contributed by atoms with van der Waals surface area (Å²) in [6, 6.07) is 2.66. The first-order chi connectivity index (χ1) is 14.1. The molecule has 0 bridgehead atoms. The minimum atomic E-state index is 0.134. The molecule has 2 aliphatic carbocycles. The fraction of sp³-hybridized carbons (Fsp3) is 0.762. The molecule has 0 spiro atoms. The number of carbonyl (C=O) groups excluding carboxylic acids is 1. The number of ether oxygens (including phenoxy) is 1. The molecule has 4 aliphatic rings. The number of piperazine rings is 1. The van der Waals surface area contributed by atoms with Gasteiger partial charge in [-0.1, -0.05) is 6.92 Å². The average Bonchev–Trinajstić information content (AvgIpc) is 3.39. The highest BCUT2D eigenvalue weighted by Crippen LogP contribution is 2.47. The summed E-state index contributed by atoms with van der Waals surface area (Å²) in [5.74, 6) is 1.43. The fourth-order valence-corrected chi connectivity index (χ4v) is 5.12. The van der Waals surface area contributed by atoms with Crippen LogP contribution in [-0.4, -0.2) is 65.2 Å². The third-order valence-electron chi connectivity index (χ3n) is 7.35. The molecule has 1 aromatic rings. The summed E-state index contributed by atoms with van der Waals surface area (Å²) >= 11 is 0. The smallest absolute Gasteiger partial charge is 0.241 e. The van der Waals surface area contributed by atoms with Crippen LogP contribution in [0, 0.1) is 5.92 Å². The van der Waals surface area contributed by atoms with Crippen molar-refractivity contribution >= 4 is 11.7 Å². The zero-order chi connectivity index (χ0) is 20.0. The van der Waals surface area contributed by atoms with Gasteiger partial charge in [0.05, 0.1) is 30.0 Å². The Hall–Kier alpha value is -1.77. The summed E-state index contributed by atoms with van der Waals surface area (Å²) in [6.45, 7) is 4.15. The monoisotopic (exact) mass is 400 g/mol. The van der Waals surface area contributed by atoms with E-state index in [1.54, 1.807) is 11.2 Å². The number of anilines is 1. The molecule has 4 atom stereocenters. The lowest BCUT2D eigenvalue weighted by Gasteiger charge is -2.35. The van der Waals surface area contributed by atoms with Gasteiger partial charge in [-0.25, -0.2) is 15.4 Å². The van der Waals surface area contributed by atoms with Crippen LogP contribution in [0.25, 0.3) is 0 Å². The molecule has 2 saturated carbocycles. The Labute approximate surface area is 172 Å². The summed E-state index contributed by atoms with van der Waals surface area (Å²) in [4.78, 5) is 25.0. The number of likely N-dealkylation sites (N-methyl/N-ethyl adjacent to an activating group) is 1. The van der Waals surface area contributed by atoms with E-state index in [0.717, 1.165) is 50.3 Å². The van der Waals surface area contributed by atoms with Crippen LogP contribution in [0.4, 0.5) is 5.82 Å². The molecule has 0 aromatic carbocycles. The number of rotatable bonds is 5. The van der Waals surface area contributed by atoms with Gasteiger partial charge in [0.15, 0.2) is 0 Å². The van der Waals surface area contributed by atoms with E-state index in [1.807, 2.05) is 7.05 Å². The number of amides is 1. The zero-order valence-electron chi connectivity index (χ0n) is 17.4. The second-order valence-electron chi connectivity index (χ2n) is 9.16. The molecular formula is C21H32N6O2. The zero-order valence-corrected chi connectivity index (χ0v) is 17.4. The SMILES string of the molecule is CCC1(OC2CCC3NNC(c4cc(N5CCN(C)C(=O)C5)ncn4)C3C2)CC1. The molecule has 2 N–H and O–H groups in total. The number of carbonyl (C=O) groups is 1. The number of aromatic nitrogens is 2. The number of nitrogens with one attached hydrogen (secondary N) is 2. The Morgan fingerprint density at radius 1 is 1.24 bits per heavy atom. The Morgan fingerprint density at radius 2 is 2.10 bits per heavy atom. The fourth-order valence-electron chi connectivity index (χ4n) is 5.12. The Balaban J connectivity index is 1.30. The molecule has 2 saturated heterocycles. The van der Waals surface area contributed by atoms with Gasteiger partial charge >= 0.3 is 0 Å². The van der Waals surface area contributed by atoms with Crippen molar-refractivity contribution in [3.8, 4) is 0 Å². The van der Waals surface area contributed by atoms with Crippen LogP contribution >= 0.6 is 0 Å². The number of nitrogens with zero attached hydrogens (tertiary/aromatic N) is 4. The highest BCUT2D eigenvalue weighted by molar-refractivity contribution is 5.82. The molecule has 158 valence electrons. The van der Waals surface area contributed by atoms with Crippen LogP contribution in [0.5, 0.6) is 0 Å². The van der Waals surface area contributed by atoms with Crippen LogP contribution in [0.2, 0.25) is 0 Å². The van der Waals surface area contributed by atoms with Crippen LogP contribution in [0.3, 0.4) is 0 Å². The number of hydrazine groups is 1. The second kappa shape index (κ2) is 7.49. The maximum Gasteiger partial charge on any atom is 0.241 e. The topological polar surface area (TPSA) is 82.6 Å². The van der Waals surface area contributed by atoms with E-state index in [2.05, 4.69) is 38.7 Å². The van der Waals surface area contributed by atoms with E-state index in [9.17, 15) is 4.79 Å². The Kier molecular flexibility index (Phi) is 4.96. The lowest BCUT2D eigenvalue weighted by Crippen LogP contribution is -2.48. The van der Waals surface area contributed by atoms with Crippen molar-refractivity contribution in [2.75, 3.05) is 31.6 Å². The maximum atomic E-state index is 12.1. The van der Waals surface area contributed by atoms with Gasteiger partial charge < -0.3 is 14.5 Å². The highest BCUT2D eigenvalue weighted by atomic mass is 16.5. The highest BCUT2D eigenvalue weighted by Gasteiger charge is 2.47. The third kappa shape index (κ3) is 3.73. The van der Waals surface area contributed by atoms with Crippen molar-refractivity contribution in [1.29, 1.82) is 0 Å². The standard InChI is InChI=1S/C21H32N6O2/c1-3-21(6-7-21)29-14-4-5-16-15(10-14)20(25-24-16)17-11-18(23-13-22-17)27-9-8-26(2)19(28)12-27/h11,13-16,20,24-25H,3-10,12H2,1-2H3. The molecule has 4 fully saturated rings. The predicted octanol–water partition coefficient (Wildman–Crippen LogP) is 1.40. The quantitative estimate of drug-likeness (QED) is 0.773. The predicted molar refractivity (Wildman–Crippen MR) is 109 cm³/mol. The van der Waals surface area contributed by atoms with Crippen LogP contribution in [0.15, 0.2) is 12.4 Å². The molecule has 3 heterocycles. The molecule has 0 radical (unpaired) electrons. The molecule has 1 amide bonds. The van der Waals surface area contributed by atoms with Gasteiger partial charge in [0, 0.05) is 38.2 Å². The molecule has 8 heteroatoms. The van der Waals surface area contributed by atoms with Crippen molar-refractivity contribution in [3.05, 3.63) is 18.1 Å². The Morgan fingerprint density at radius 3 is 2.86 bits per heavy atom. The van der Waals surface area contributed by atoms with E-state index in [4.69, 9.17) is 4.74 Å². The normalized spacial score (nSPS) is 33.7. The largest absolute Gasteiger partial charge is 0.372 e. The van der Waals surface area contributed by atoms with E-state index >= 15 is 0 Å². The van der Waals surface area contributed by atoms with Gasteiger partial charge in [-0.3, -0.25) is 10.2 Å². The maximum absolute atomic E-state index is 12.1. The van der Waals surface area contributed by atoms with Gasteiger partial charge in [-0.2, -0.15) is 0 Å². The molecule has 1 aromatic heterocycles. The van der Waals surface area contributed by atoms with E-state index in [-0.39, 0.29) is 17.6 Å². The van der Waals surface area contributed by atoms with Crippen molar-refractivity contribution in [2.45, 2.75) is 69.2 Å². The minimum absolute atomic E-state index is 0.134. The minimum Gasteiger partial charge on any atom is -0.372 e. The first-order valence-corrected chi connectivity index (χ1v) is 11.1. The van der Waals surface area contributed by atoms with Gasteiger partial charge in [0.25, 0.3) is 0 Å². The van der Waals surface area contributed by atoms with Crippen LogP contribution in [-0.2, 0) is 9.53 Å². The molecule has 2 aliphatic heterocycles. The number of fused-ring (bicyclic) bond motifs is 1. The molecule has 4 unspecified atom stereocenters. The summed E-state index contributed by atoms with van der Waals surface area (Å²) in [6.07, 6.45) is 8.85. The number of hydrogen-bond donors (Lipinski definition) is 2. The van der Waals surface area contributed by atoms with Crippen molar-refractivity contribution in [2.24, 2.45) is 5.92 Å². The second-order valence-corrected chi connectivity index (χ2v) is 9.16. The molecule has 8 nitrogen and oxygen atoms in total. The first-order valence-electron chi connectivity index (χ1n) is 11.1. The average molecular weight is 401 g/mol. The van der Waals surface area contributed by atoms with Gasteiger partial charge in [0.2, 0.25) is 5.91 Å². The van der Waals surface area contributed by atoms with Crippen molar-refractivity contribution in [3.63, 3.8) is 0 Å². The summed E-state index contributed by atoms with van der Waals surface area (Å²) in [5, 5.41) is 0. The summed E-state index contributed by atoms with van der Waals surface area (Å²) in [7, 11) is 1.85. The molecule has 29 heavy (non-hydrogen) atoms. The van der Waals surface area contributed by atoms with Crippen molar-refractivity contribution in [1.82, 2.24) is 25.7 Å². The van der Waals surface area contributed by atoms with Crippen LogP contribution in [0.1, 0.15) is 57.2 Å². The van der Waals surface area contributed by atoms with Gasteiger partial charge in [-0.15, -0.1) is 0 Å². The van der Waals surface area contributed by atoms with E-state index < -0.39 is 0 Å². The van der Waals surface area contributed by atoms with E-state index in [0.29, 0.717) is 24.6 Å². The summed E-state index contributed by atoms with van der Waals surface area (Å²) < 4.78 is 6.53. The molecule has 5 rings (SSSR count). The Bertz CT molecular complexity index is 769. The molecular weight excluding hydrogens is 368 g/mol. The summed E-state index contributed by atoms with van der Waals surface area (Å²) in [5.41, 5.74) is 8.14. The first kappa shape index (κ1) is 19.2. The van der Waals surface area contributed by atoms with Gasteiger partial charge in [-0.05, 0) is 38.5 Å². The lowest BCUT2D eigenvalue weighted by atomic mass is 9.79. The lowest BCUT2D eigenvalue weighted by molar-refractivity contribution is -0.129.